The highest BCUT2D eigenvalue weighted by Gasteiger charge is 2.09. The van der Waals surface area contributed by atoms with E-state index in [4.69, 9.17) is 27.8 Å². The molecule has 0 aliphatic carbocycles. The van der Waals surface area contributed by atoms with Gasteiger partial charge in [0.1, 0.15) is 11.5 Å². The minimum Gasteiger partial charge on any atom is -0.456 e. The van der Waals surface area contributed by atoms with Crippen LogP contribution in [0.4, 0.5) is 5.69 Å². The zero-order valence-electron chi connectivity index (χ0n) is 9.39. The number of primary amides is 1. The molecule has 0 saturated heterocycles. The fourth-order valence-corrected chi connectivity index (χ4v) is 1.64. The van der Waals surface area contributed by atoms with Gasteiger partial charge in [0.25, 0.3) is 5.91 Å². The molecule has 0 aliphatic rings. The zero-order chi connectivity index (χ0) is 13.1. The number of rotatable bonds is 3. The first-order valence-electron chi connectivity index (χ1n) is 5.19. The van der Waals surface area contributed by atoms with E-state index in [1.165, 1.54) is 6.07 Å². The van der Waals surface area contributed by atoms with E-state index >= 15 is 0 Å². The first-order chi connectivity index (χ1) is 8.58. The minimum absolute atomic E-state index is 0.222. The smallest absolute Gasteiger partial charge is 0.250 e. The lowest BCUT2D eigenvalue weighted by molar-refractivity contribution is 0.100. The van der Waals surface area contributed by atoms with Gasteiger partial charge in [-0.15, -0.1) is 0 Å². The summed E-state index contributed by atoms with van der Waals surface area (Å²) in [6, 6.07) is 11.7. The van der Waals surface area contributed by atoms with Crippen molar-refractivity contribution in [3.8, 4) is 11.5 Å². The van der Waals surface area contributed by atoms with Crippen LogP contribution in [-0.2, 0) is 0 Å². The summed E-state index contributed by atoms with van der Waals surface area (Å²) >= 11 is 5.97. The third-order valence-electron chi connectivity index (χ3n) is 2.35. The molecule has 18 heavy (non-hydrogen) atoms. The van der Waals surface area contributed by atoms with Crippen molar-refractivity contribution in [2.75, 3.05) is 5.73 Å². The monoisotopic (exact) mass is 262 g/mol. The molecule has 0 bridgehead atoms. The molecule has 2 aromatic rings. The molecular formula is C13H11ClN2O2. The van der Waals surface area contributed by atoms with E-state index in [2.05, 4.69) is 0 Å². The molecule has 0 heterocycles. The van der Waals surface area contributed by atoms with Gasteiger partial charge in [0, 0.05) is 5.69 Å². The molecule has 0 spiro atoms. The van der Waals surface area contributed by atoms with Crippen molar-refractivity contribution in [2.24, 2.45) is 5.73 Å². The van der Waals surface area contributed by atoms with Gasteiger partial charge < -0.3 is 16.2 Å². The highest BCUT2D eigenvalue weighted by atomic mass is 35.5. The Balaban J connectivity index is 2.33. The van der Waals surface area contributed by atoms with Crippen LogP contribution in [0.5, 0.6) is 11.5 Å². The second-order valence-corrected chi connectivity index (χ2v) is 4.05. The van der Waals surface area contributed by atoms with Crippen LogP contribution in [0.3, 0.4) is 0 Å². The number of nitrogen functional groups attached to an aromatic ring is 1. The average molecular weight is 263 g/mol. The van der Waals surface area contributed by atoms with Crippen LogP contribution in [0.2, 0.25) is 5.02 Å². The molecule has 0 fully saturated rings. The molecule has 0 unspecified atom stereocenters. The summed E-state index contributed by atoms with van der Waals surface area (Å²) in [7, 11) is 0. The second-order valence-electron chi connectivity index (χ2n) is 3.65. The minimum atomic E-state index is -0.600. The van der Waals surface area contributed by atoms with Gasteiger partial charge in [-0.1, -0.05) is 23.7 Å². The van der Waals surface area contributed by atoms with E-state index in [0.717, 1.165) is 0 Å². The largest absolute Gasteiger partial charge is 0.456 e. The lowest BCUT2D eigenvalue weighted by atomic mass is 10.1. The van der Waals surface area contributed by atoms with E-state index in [9.17, 15) is 4.79 Å². The number of carbonyl (C=O) groups is 1. The Kier molecular flexibility index (Phi) is 3.39. The third kappa shape index (κ3) is 2.55. The van der Waals surface area contributed by atoms with E-state index in [1.54, 1.807) is 36.4 Å². The van der Waals surface area contributed by atoms with Crippen LogP contribution in [0.15, 0.2) is 42.5 Å². The Morgan fingerprint density at radius 3 is 2.56 bits per heavy atom. The molecule has 2 aromatic carbocycles. The predicted molar refractivity (Wildman–Crippen MR) is 70.9 cm³/mol. The van der Waals surface area contributed by atoms with Crippen molar-refractivity contribution in [2.45, 2.75) is 0 Å². The summed E-state index contributed by atoms with van der Waals surface area (Å²) in [5, 5.41) is 0.481. The number of para-hydroxylation sites is 1. The summed E-state index contributed by atoms with van der Waals surface area (Å²) < 4.78 is 5.56. The van der Waals surface area contributed by atoms with Gasteiger partial charge in [0.05, 0.1) is 10.6 Å². The molecule has 0 atom stereocenters. The van der Waals surface area contributed by atoms with E-state index < -0.39 is 5.91 Å². The zero-order valence-corrected chi connectivity index (χ0v) is 10.1. The number of anilines is 1. The van der Waals surface area contributed by atoms with Crippen LogP contribution >= 0.6 is 11.6 Å². The average Bonchev–Trinajstić information content (AvgIpc) is 2.34. The van der Waals surface area contributed by atoms with Gasteiger partial charge >= 0.3 is 0 Å². The Bertz CT molecular complexity index is 599. The Morgan fingerprint density at radius 1 is 1.17 bits per heavy atom. The van der Waals surface area contributed by atoms with E-state index in [0.29, 0.717) is 22.2 Å². The maximum atomic E-state index is 11.2. The lowest BCUT2D eigenvalue weighted by Crippen LogP contribution is -2.13. The highest BCUT2D eigenvalue weighted by Crippen LogP contribution is 2.30. The fourth-order valence-electron chi connectivity index (χ4n) is 1.47. The highest BCUT2D eigenvalue weighted by molar-refractivity contribution is 6.32. The number of nitrogens with two attached hydrogens (primary N) is 2. The van der Waals surface area contributed by atoms with Gasteiger partial charge in [0.2, 0.25) is 0 Å². The maximum Gasteiger partial charge on any atom is 0.250 e. The second kappa shape index (κ2) is 4.98. The standard InChI is InChI=1S/C13H11ClN2O2/c14-10-3-1-2-4-12(10)18-8-5-6-11(15)9(7-8)13(16)17/h1-7H,15H2,(H2,16,17). The Labute approximate surface area is 109 Å². The van der Waals surface area contributed by atoms with Crippen molar-refractivity contribution in [3.05, 3.63) is 53.1 Å². The summed E-state index contributed by atoms with van der Waals surface area (Å²) in [5.74, 6) is 0.350. The van der Waals surface area contributed by atoms with Crippen LogP contribution in [-0.4, -0.2) is 5.91 Å². The first-order valence-corrected chi connectivity index (χ1v) is 5.57. The molecule has 92 valence electrons. The van der Waals surface area contributed by atoms with Crippen LogP contribution in [0.1, 0.15) is 10.4 Å². The van der Waals surface area contributed by atoms with Crippen molar-refractivity contribution in [1.82, 2.24) is 0 Å². The number of ether oxygens (including phenoxy) is 1. The molecule has 0 saturated carbocycles. The van der Waals surface area contributed by atoms with Crippen molar-refractivity contribution in [1.29, 1.82) is 0 Å². The number of amides is 1. The first kappa shape index (κ1) is 12.3. The number of hydrogen-bond donors (Lipinski definition) is 2. The summed E-state index contributed by atoms with van der Waals surface area (Å²) in [4.78, 5) is 11.2. The van der Waals surface area contributed by atoms with Crippen molar-refractivity contribution in [3.63, 3.8) is 0 Å². The lowest BCUT2D eigenvalue weighted by Gasteiger charge is -2.09. The van der Waals surface area contributed by atoms with E-state index in [1.807, 2.05) is 0 Å². The normalized spacial score (nSPS) is 10.1. The molecule has 0 radical (unpaired) electrons. The van der Waals surface area contributed by atoms with Crippen LogP contribution in [0.25, 0.3) is 0 Å². The predicted octanol–water partition coefficient (Wildman–Crippen LogP) is 2.81. The van der Waals surface area contributed by atoms with Crippen LogP contribution < -0.4 is 16.2 Å². The molecule has 0 aromatic heterocycles. The van der Waals surface area contributed by atoms with Gasteiger partial charge in [-0.3, -0.25) is 4.79 Å². The number of benzene rings is 2. The molecular weight excluding hydrogens is 252 g/mol. The number of hydrogen-bond acceptors (Lipinski definition) is 3. The summed E-state index contributed by atoms with van der Waals surface area (Å²) in [6.45, 7) is 0. The number of halogens is 1. The van der Waals surface area contributed by atoms with E-state index in [-0.39, 0.29) is 5.56 Å². The molecule has 0 aliphatic heterocycles. The topological polar surface area (TPSA) is 78.3 Å². The number of carbonyl (C=O) groups excluding carboxylic acids is 1. The van der Waals surface area contributed by atoms with Gasteiger partial charge in [-0.2, -0.15) is 0 Å². The Hall–Kier alpha value is -2.20. The SMILES string of the molecule is NC(=O)c1cc(Oc2ccccc2Cl)ccc1N. The van der Waals surface area contributed by atoms with Crippen LogP contribution in [0, 0.1) is 0 Å². The fraction of sp³-hybridized carbons (Fsp3) is 0. The van der Waals surface area contributed by atoms with Gasteiger partial charge in [-0.25, -0.2) is 0 Å². The summed E-state index contributed by atoms with van der Waals surface area (Å²) in [5.41, 5.74) is 11.4. The Morgan fingerprint density at radius 2 is 1.89 bits per heavy atom. The quantitative estimate of drug-likeness (QED) is 0.835. The maximum absolute atomic E-state index is 11.2. The van der Waals surface area contributed by atoms with Gasteiger partial charge in [-0.05, 0) is 30.3 Å². The van der Waals surface area contributed by atoms with Crippen molar-refractivity contribution >= 4 is 23.2 Å². The molecule has 2 rings (SSSR count). The molecule has 5 heteroatoms. The molecule has 4 N–H and O–H groups in total. The molecule has 4 nitrogen and oxygen atoms in total. The van der Waals surface area contributed by atoms with Gasteiger partial charge in [0.15, 0.2) is 0 Å². The third-order valence-corrected chi connectivity index (χ3v) is 2.67. The summed E-state index contributed by atoms with van der Waals surface area (Å²) in [6.07, 6.45) is 0. The van der Waals surface area contributed by atoms with Crippen molar-refractivity contribution < 1.29 is 9.53 Å². The molecule has 1 amide bonds.